The van der Waals surface area contributed by atoms with Gasteiger partial charge in [-0.25, -0.2) is 0 Å². The molecule has 17 heavy (non-hydrogen) atoms. The largest absolute Gasteiger partial charge is 0.500 e. The number of rotatable bonds is 5. The quantitative estimate of drug-likeness (QED) is 0.568. The minimum Gasteiger partial charge on any atom is -0.500 e. The van der Waals surface area contributed by atoms with Crippen LogP contribution in [-0.4, -0.2) is 31.1 Å². The van der Waals surface area contributed by atoms with Gasteiger partial charge in [-0.15, -0.1) is 0 Å². The number of nitrogens with zero attached hydrogens (tertiary/aromatic N) is 1. The second-order valence-corrected chi connectivity index (χ2v) is 4.30. The molecule has 0 aromatic heterocycles. The molecule has 1 aromatic carbocycles. The lowest BCUT2D eigenvalue weighted by molar-refractivity contribution is 0.179. The molecule has 0 fully saturated rings. The Morgan fingerprint density at radius 3 is 2.53 bits per heavy atom. The van der Waals surface area contributed by atoms with Gasteiger partial charge in [0.05, 0.1) is 13.2 Å². The summed E-state index contributed by atoms with van der Waals surface area (Å²) in [6.45, 7) is 5.99. The van der Waals surface area contributed by atoms with E-state index >= 15 is 0 Å². The number of benzene rings is 1. The molecule has 90 valence electrons. The van der Waals surface area contributed by atoms with Gasteiger partial charge in [0.25, 0.3) is 0 Å². The Balaban J connectivity index is 2.08. The smallest absolute Gasteiger partial charge is 0.106 e. The molecule has 0 spiro atoms. The van der Waals surface area contributed by atoms with Crippen LogP contribution in [0, 0.1) is 0 Å². The molecule has 0 radical (unpaired) electrons. The second-order valence-electron chi connectivity index (χ2n) is 4.30. The van der Waals surface area contributed by atoms with Crippen LogP contribution in [0.4, 0.5) is 0 Å². The van der Waals surface area contributed by atoms with Gasteiger partial charge in [-0.05, 0) is 12.0 Å². The van der Waals surface area contributed by atoms with E-state index in [4.69, 9.17) is 4.74 Å². The van der Waals surface area contributed by atoms with Crippen molar-refractivity contribution in [2.75, 3.05) is 20.2 Å². The first-order chi connectivity index (χ1) is 8.31. The van der Waals surface area contributed by atoms with Crippen molar-refractivity contribution >= 4 is 0 Å². The van der Waals surface area contributed by atoms with Gasteiger partial charge in [-0.2, -0.15) is 0 Å². The van der Waals surface area contributed by atoms with Crippen molar-refractivity contribution in [3.8, 4) is 0 Å². The fourth-order valence-corrected chi connectivity index (χ4v) is 2.17. The van der Waals surface area contributed by atoms with E-state index in [1.54, 1.807) is 7.11 Å². The Hall–Kier alpha value is -1.54. The third kappa shape index (κ3) is 2.98. The third-order valence-electron chi connectivity index (χ3n) is 3.19. The monoisotopic (exact) mass is 229 g/mol. The predicted molar refractivity (Wildman–Crippen MR) is 70.8 cm³/mol. The lowest BCUT2D eigenvalue weighted by atomic mass is 10.0. The minimum atomic E-state index is 0.261. The maximum Gasteiger partial charge on any atom is 0.106 e. The molecular weight excluding hydrogens is 210 g/mol. The lowest BCUT2D eigenvalue weighted by Gasteiger charge is -2.28. The zero-order valence-corrected chi connectivity index (χ0v) is 10.3. The molecule has 0 aliphatic carbocycles. The first kappa shape index (κ1) is 11.9. The summed E-state index contributed by atoms with van der Waals surface area (Å²) in [7, 11) is 1.70. The van der Waals surface area contributed by atoms with Gasteiger partial charge in [0.1, 0.15) is 5.76 Å². The Morgan fingerprint density at radius 2 is 1.94 bits per heavy atom. The summed E-state index contributed by atoms with van der Waals surface area (Å²) >= 11 is 0. The van der Waals surface area contributed by atoms with E-state index in [1.165, 1.54) is 5.56 Å². The molecule has 1 aliphatic rings. The van der Waals surface area contributed by atoms with Crippen LogP contribution in [0.15, 0.2) is 54.8 Å². The van der Waals surface area contributed by atoms with E-state index in [9.17, 15) is 0 Å². The molecule has 1 aromatic rings. The van der Waals surface area contributed by atoms with E-state index in [0.717, 1.165) is 25.3 Å². The van der Waals surface area contributed by atoms with Crippen LogP contribution in [0.1, 0.15) is 5.56 Å². The van der Waals surface area contributed by atoms with Crippen LogP contribution in [-0.2, 0) is 11.2 Å². The van der Waals surface area contributed by atoms with Gasteiger partial charge < -0.3 is 4.74 Å². The van der Waals surface area contributed by atoms with Gasteiger partial charge >= 0.3 is 0 Å². The molecule has 2 heteroatoms. The third-order valence-corrected chi connectivity index (χ3v) is 3.19. The highest BCUT2D eigenvalue weighted by atomic mass is 16.5. The molecule has 1 heterocycles. The van der Waals surface area contributed by atoms with E-state index in [1.807, 2.05) is 6.07 Å². The Labute approximate surface area is 103 Å². The van der Waals surface area contributed by atoms with Crippen molar-refractivity contribution in [2.24, 2.45) is 0 Å². The fourth-order valence-electron chi connectivity index (χ4n) is 2.17. The van der Waals surface area contributed by atoms with Crippen molar-refractivity contribution in [2.45, 2.75) is 12.5 Å². The normalized spacial score (nSPS) is 17.0. The van der Waals surface area contributed by atoms with Crippen LogP contribution in [0.25, 0.3) is 0 Å². The number of hydrogen-bond acceptors (Lipinski definition) is 2. The molecule has 0 saturated carbocycles. The fraction of sp³-hybridized carbons (Fsp3) is 0.333. The molecule has 1 atom stereocenters. The predicted octanol–water partition coefficient (Wildman–Crippen LogP) is 2.63. The average molecular weight is 229 g/mol. The van der Waals surface area contributed by atoms with Gasteiger partial charge in [0, 0.05) is 13.1 Å². The van der Waals surface area contributed by atoms with Crippen LogP contribution in [0.5, 0.6) is 0 Å². The van der Waals surface area contributed by atoms with Gasteiger partial charge in [0.15, 0.2) is 0 Å². The first-order valence-electron chi connectivity index (χ1n) is 5.97. The van der Waals surface area contributed by atoms with Gasteiger partial charge in [-0.1, -0.05) is 49.1 Å². The highest BCUT2D eigenvalue weighted by molar-refractivity contribution is 5.19. The van der Waals surface area contributed by atoms with Crippen molar-refractivity contribution < 1.29 is 4.74 Å². The van der Waals surface area contributed by atoms with Gasteiger partial charge in [-0.3, -0.25) is 4.90 Å². The van der Waals surface area contributed by atoms with Crippen LogP contribution >= 0.6 is 0 Å². The van der Waals surface area contributed by atoms with Crippen molar-refractivity contribution in [1.29, 1.82) is 0 Å². The molecular formula is C15H19NO. The molecule has 2 rings (SSSR count). The van der Waals surface area contributed by atoms with Crippen LogP contribution in [0.3, 0.4) is 0 Å². The SMILES string of the molecule is C=C(OC)[C@H](Cc1ccccc1)N1CC=CC1. The Bertz CT molecular complexity index is 389. The highest BCUT2D eigenvalue weighted by Crippen LogP contribution is 2.18. The summed E-state index contributed by atoms with van der Waals surface area (Å²) in [4.78, 5) is 2.37. The maximum atomic E-state index is 5.33. The molecule has 0 unspecified atom stereocenters. The minimum absolute atomic E-state index is 0.261. The average Bonchev–Trinajstić information content (AvgIpc) is 2.90. The number of methoxy groups -OCH3 is 1. The summed E-state index contributed by atoms with van der Waals surface area (Å²) < 4.78 is 5.33. The lowest BCUT2D eigenvalue weighted by Crippen LogP contribution is -2.36. The van der Waals surface area contributed by atoms with Crippen molar-refractivity contribution in [1.82, 2.24) is 4.90 Å². The molecule has 0 saturated heterocycles. The standard InChI is InChI=1S/C15H19NO/c1-13(17-2)15(16-10-6-7-11-16)12-14-8-4-3-5-9-14/h3-9,15H,1,10-12H2,2H3/t15-/m0/s1. The zero-order chi connectivity index (χ0) is 12.1. The zero-order valence-electron chi connectivity index (χ0n) is 10.3. The molecule has 1 aliphatic heterocycles. The van der Waals surface area contributed by atoms with Gasteiger partial charge in [0.2, 0.25) is 0 Å². The number of ether oxygens (including phenoxy) is 1. The van der Waals surface area contributed by atoms with E-state index in [-0.39, 0.29) is 6.04 Å². The molecule has 0 bridgehead atoms. The topological polar surface area (TPSA) is 12.5 Å². The Kier molecular flexibility index (Phi) is 3.99. The van der Waals surface area contributed by atoms with Crippen LogP contribution < -0.4 is 0 Å². The van der Waals surface area contributed by atoms with E-state index in [2.05, 4.69) is 47.9 Å². The first-order valence-corrected chi connectivity index (χ1v) is 5.97. The summed E-state index contributed by atoms with van der Waals surface area (Å²) in [6, 6.07) is 10.8. The molecule has 0 amide bonds. The van der Waals surface area contributed by atoms with Crippen molar-refractivity contribution in [3.63, 3.8) is 0 Å². The van der Waals surface area contributed by atoms with Crippen LogP contribution in [0.2, 0.25) is 0 Å². The van der Waals surface area contributed by atoms with E-state index < -0.39 is 0 Å². The maximum absolute atomic E-state index is 5.33. The molecule has 0 N–H and O–H groups in total. The summed E-state index contributed by atoms with van der Waals surface area (Å²) in [5.74, 6) is 0.845. The Morgan fingerprint density at radius 1 is 1.29 bits per heavy atom. The van der Waals surface area contributed by atoms with E-state index in [0.29, 0.717) is 0 Å². The summed E-state index contributed by atoms with van der Waals surface area (Å²) in [5, 5.41) is 0. The highest BCUT2D eigenvalue weighted by Gasteiger charge is 2.22. The number of hydrogen-bond donors (Lipinski definition) is 0. The second kappa shape index (κ2) is 5.69. The summed E-state index contributed by atoms with van der Waals surface area (Å²) in [5.41, 5.74) is 1.32. The molecule has 2 nitrogen and oxygen atoms in total. The summed E-state index contributed by atoms with van der Waals surface area (Å²) in [6.07, 6.45) is 5.34. The van der Waals surface area contributed by atoms with Crippen molar-refractivity contribution in [3.05, 3.63) is 60.4 Å².